The molecule has 0 aromatic carbocycles. The maximum absolute atomic E-state index is 11.1. The Kier molecular flexibility index (Phi) is 6.25. The average molecular weight is 189 g/mol. The molecule has 0 spiro atoms. The Hall–Kier alpha value is -0.180. The molecule has 0 aliphatic heterocycles. The van der Waals surface area contributed by atoms with Gasteiger partial charge < -0.3 is 5.32 Å². The van der Waals surface area contributed by atoms with Crippen LogP contribution in [0, 0.1) is 5.92 Å². The molecule has 0 aromatic rings. The summed E-state index contributed by atoms with van der Waals surface area (Å²) < 4.78 is 0. The van der Waals surface area contributed by atoms with Crippen molar-refractivity contribution in [2.45, 2.75) is 32.9 Å². The van der Waals surface area contributed by atoms with E-state index in [-0.39, 0.29) is 11.8 Å². The summed E-state index contributed by atoms with van der Waals surface area (Å²) in [7, 11) is 0. The van der Waals surface area contributed by atoms with Gasteiger partial charge in [-0.25, -0.2) is 0 Å². The zero-order valence-electron chi connectivity index (χ0n) is 8.39. The fraction of sp³-hybridized carbons (Fsp3) is 0.889. The van der Waals surface area contributed by atoms with E-state index in [1.807, 2.05) is 25.6 Å². The quantitative estimate of drug-likeness (QED) is 0.669. The minimum Gasteiger partial charge on any atom is -0.355 e. The van der Waals surface area contributed by atoms with Gasteiger partial charge in [-0.1, -0.05) is 27.7 Å². The Morgan fingerprint density at radius 1 is 1.33 bits per heavy atom. The second-order valence-electron chi connectivity index (χ2n) is 3.37. The summed E-state index contributed by atoms with van der Waals surface area (Å²) in [4.78, 5) is 11.1. The molecule has 72 valence electrons. The lowest BCUT2D eigenvalue weighted by Crippen LogP contribution is -2.29. The van der Waals surface area contributed by atoms with Crippen LogP contribution in [0.3, 0.4) is 0 Å². The Morgan fingerprint density at radius 3 is 2.33 bits per heavy atom. The second kappa shape index (κ2) is 6.35. The highest BCUT2D eigenvalue weighted by molar-refractivity contribution is 7.99. The zero-order chi connectivity index (χ0) is 9.56. The van der Waals surface area contributed by atoms with Gasteiger partial charge >= 0.3 is 0 Å². The first kappa shape index (κ1) is 11.8. The molecule has 0 fully saturated rings. The van der Waals surface area contributed by atoms with Gasteiger partial charge in [-0.2, -0.15) is 11.8 Å². The third kappa shape index (κ3) is 6.53. The minimum absolute atomic E-state index is 0.106. The van der Waals surface area contributed by atoms with E-state index in [2.05, 4.69) is 19.2 Å². The molecule has 2 nitrogen and oxygen atoms in total. The van der Waals surface area contributed by atoms with Crippen molar-refractivity contribution in [3.05, 3.63) is 0 Å². The molecule has 1 amide bonds. The fourth-order valence-electron chi connectivity index (χ4n) is 0.673. The molecule has 0 bridgehead atoms. The summed E-state index contributed by atoms with van der Waals surface area (Å²) in [5.41, 5.74) is 0. The highest BCUT2D eigenvalue weighted by atomic mass is 32.2. The number of rotatable bonds is 5. The monoisotopic (exact) mass is 189 g/mol. The SMILES string of the molecule is CC(C)SCCNC(=O)C(C)C. The van der Waals surface area contributed by atoms with Crippen molar-refractivity contribution in [2.24, 2.45) is 5.92 Å². The van der Waals surface area contributed by atoms with Crippen LogP contribution in [0.5, 0.6) is 0 Å². The predicted molar refractivity (Wildman–Crippen MR) is 55.4 cm³/mol. The number of carbonyl (C=O) groups is 1. The summed E-state index contributed by atoms with van der Waals surface area (Å²) in [5.74, 6) is 1.27. The van der Waals surface area contributed by atoms with Crippen LogP contribution < -0.4 is 5.32 Å². The number of hydrogen-bond donors (Lipinski definition) is 1. The molecular weight excluding hydrogens is 170 g/mol. The number of hydrogen-bond acceptors (Lipinski definition) is 2. The normalized spacial score (nSPS) is 10.8. The summed E-state index contributed by atoms with van der Waals surface area (Å²) in [6.45, 7) is 8.93. The van der Waals surface area contributed by atoms with Gasteiger partial charge in [0.05, 0.1) is 0 Å². The van der Waals surface area contributed by atoms with E-state index in [9.17, 15) is 4.79 Å². The van der Waals surface area contributed by atoms with E-state index in [1.54, 1.807) is 0 Å². The van der Waals surface area contributed by atoms with Gasteiger partial charge in [0.2, 0.25) is 5.91 Å². The van der Waals surface area contributed by atoms with Crippen LogP contribution in [0.25, 0.3) is 0 Å². The van der Waals surface area contributed by atoms with Gasteiger partial charge in [-0.15, -0.1) is 0 Å². The van der Waals surface area contributed by atoms with Crippen molar-refractivity contribution in [2.75, 3.05) is 12.3 Å². The number of nitrogens with one attached hydrogen (secondary N) is 1. The van der Waals surface area contributed by atoms with Crippen LogP contribution in [0.4, 0.5) is 0 Å². The molecule has 0 saturated carbocycles. The minimum atomic E-state index is 0.106. The van der Waals surface area contributed by atoms with Gasteiger partial charge in [-0.3, -0.25) is 4.79 Å². The van der Waals surface area contributed by atoms with Crippen molar-refractivity contribution in [1.82, 2.24) is 5.32 Å². The zero-order valence-corrected chi connectivity index (χ0v) is 9.20. The van der Waals surface area contributed by atoms with E-state index in [0.29, 0.717) is 5.25 Å². The Bertz CT molecular complexity index is 134. The number of carbonyl (C=O) groups excluding carboxylic acids is 1. The smallest absolute Gasteiger partial charge is 0.222 e. The summed E-state index contributed by atoms with van der Waals surface area (Å²) in [5, 5.41) is 3.53. The molecule has 0 heterocycles. The van der Waals surface area contributed by atoms with Crippen LogP contribution in [0.1, 0.15) is 27.7 Å². The van der Waals surface area contributed by atoms with E-state index in [1.165, 1.54) is 0 Å². The molecular formula is C9H19NOS. The molecule has 0 aliphatic carbocycles. The molecule has 0 rings (SSSR count). The van der Waals surface area contributed by atoms with Crippen LogP contribution in [-0.2, 0) is 4.79 Å². The lowest BCUT2D eigenvalue weighted by Gasteiger charge is -2.08. The summed E-state index contributed by atoms with van der Waals surface area (Å²) in [6, 6.07) is 0. The molecule has 0 saturated heterocycles. The highest BCUT2D eigenvalue weighted by Gasteiger charge is 2.04. The molecule has 0 atom stereocenters. The summed E-state index contributed by atoms with van der Waals surface area (Å²) >= 11 is 1.87. The number of amides is 1. The molecule has 1 N–H and O–H groups in total. The van der Waals surface area contributed by atoms with E-state index in [4.69, 9.17) is 0 Å². The van der Waals surface area contributed by atoms with Crippen LogP contribution in [0.2, 0.25) is 0 Å². The van der Waals surface area contributed by atoms with E-state index >= 15 is 0 Å². The lowest BCUT2D eigenvalue weighted by molar-refractivity contribution is -0.123. The first-order valence-electron chi connectivity index (χ1n) is 4.43. The van der Waals surface area contributed by atoms with Crippen molar-refractivity contribution >= 4 is 17.7 Å². The largest absolute Gasteiger partial charge is 0.355 e. The molecule has 12 heavy (non-hydrogen) atoms. The molecule has 0 radical (unpaired) electrons. The maximum Gasteiger partial charge on any atom is 0.222 e. The third-order valence-electron chi connectivity index (χ3n) is 1.38. The second-order valence-corrected chi connectivity index (χ2v) is 5.05. The van der Waals surface area contributed by atoms with Gasteiger partial charge in [0.25, 0.3) is 0 Å². The van der Waals surface area contributed by atoms with E-state index < -0.39 is 0 Å². The summed E-state index contributed by atoms with van der Waals surface area (Å²) in [6.07, 6.45) is 0. The highest BCUT2D eigenvalue weighted by Crippen LogP contribution is 2.06. The fourth-order valence-corrected chi connectivity index (χ4v) is 1.36. The topological polar surface area (TPSA) is 29.1 Å². The van der Waals surface area contributed by atoms with Crippen LogP contribution >= 0.6 is 11.8 Å². The van der Waals surface area contributed by atoms with E-state index in [0.717, 1.165) is 12.3 Å². The average Bonchev–Trinajstić information content (AvgIpc) is 1.97. The lowest BCUT2D eigenvalue weighted by atomic mass is 10.2. The maximum atomic E-state index is 11.1. The van der Waals surface area contributed by atoms with Crippen molar-refractivity contribution in [1.29, 1.82) is 0 Å². The molecule has 0 aliphatic rings. The Morgan fingerprint density at radius 2 is 1.92 bits per heavy atom. The van der Waals surface area contributed by atoms with Crippen molar-refractivity contribution < 1.29 is 4.79 Å². The van der Waals surface area contributed by atoms with Gasteiger partial charge in [0, 0.05) is 18.2 Å². The van der Waals surface area contributed by atoms with Gasteiger partial charge in [0.1, 0.15) is 0 Å². The van der Waals surface area contributed by atoms with Crippen LogP contribution in [0.15, 0.2) is 0 Å². The molecule has 0 aromatic heterocycles. The van der Waals surface area contributed by atoms with Crippen molar-refractivity contribution in [3.63, 3.8) is 0 Å². The standard InChI is InChI=1S/C9H19NOS/c1-7(2)9(11)10-5-6-12-8(3)4/h7-8H,5-6H2,1-4H3,(H,10,11). The van der Waals surface area contributed by atoms with Crippen LogP contribution in [-0.4, -0.2) is 23.5 Å². The van der Waals surface area contributed by atoms with Crippen molar-refractivity contribution in [3.8, 4) is 0 Å². The molecule has 0 unspecified atom stereocenters. The predicted octanol–water partition coefficient (Wildman–Crippen LogP) is 1.90. The molecule has 3 heteroatoms. The number of thioether (sulfide) groups is 1. The Labute approximate surface area is 79.5 Å². The first-order valence-corrected chi connectivity index (χ1v) is 5.48. The van der Waals surface area contributed by atoms with Gasteiger partial charge in [-0.05, 0) is 5.25 Å². The Balaban J connectivity index is 3.26. The third-order valence-corrected chi connectivity index (χ3v) is 2.48. The van der Waals surface area contributed by atoms with Gasteiger partial charge in [0.15, 0.2) is 0 Å². The first-order chi connectivity index (χ1) is 5.54.